The first kappa shape index (κ1) is 16.9. The highest BCUT2D eigenvalue weighted by Crippen LogP contribution is 2.44. The molecule has 2 aliphatic rings. The highest BCUT2D eigenvalue weighted by Gasteiger charge is 2.51. The molecule has 140 valence electrons. The Morgan fingerprint density at radius 2 is 1.86 bits per heavy atom. The summed E-state index contributed by atoms with van der Waals surface area (Å²) in [5.41, 5.74) is 3.65. The predicted octanol–water partition coefficient (Wildman–Crippen LogP) is 3.79. The number of fused-ring (bicyclic) bond motifs is 2. The van der Waals surface area contributed by atoms with Gasteiger partial charge in [0.1, 0.15) is 0 Å². The molecule has 1 N–H and O–H groups in total. The Balaban J connectivity index is 1.32. The van der Waals surface area contributed by atoms with Crippen LogP contribution in [0, 0.1) is 11.8 Å². The van der Waals surface area contributed by atoms with E-state index in [2.05, 4.69) is 23.3 Å². The van der Waals surface area contributed by atoms with E-state index in [0.717, 1.165) is 23.0 Å². The quantitative estimate of drug-likeness (QED) is 0.762. The molecular weight excluding hydrogens is 350 g/mol. The van der Waals surface area contributed by atoms with Crippen molar-refractivity contribution in [1.29, 1.82) is 0 Å². The Morgan fingerprint density at radius 1 is 1.04 bits per heavy atom. The summed E-state index contributed by atoms with van der Waals surface area (Å²) in [6.45, 7) is 2.07. The summed E-state index contributed by atoms with van der Waals surface area (Å²) in [6.07, 6.45) is 3.19. The maximum Gasteiger partial charge on any atom is 0.231 e. The molecule has 5 nitrogen and oxygen atoms in total. The van der Waals surface area contributed by atoms with Crippen molar-refractivity contribution in [3.05, 3.63) is 66.4 Å². The monoisotopic (exact) mass is 371 g/mol. The van der Waals surface area contributed by atoms with Crippen LogP contribution in [0.15, 0.2) is 60.8 Å². The van der Waals surface area contributed by atoms with E-state index in [-0.39, 0.29) is 29.7 Å². The van der Waals surface area contributed by atoms with Crippen molar-refractivity contribution in [1.82, 2.24) is 4.98 Å². The lowest BCUT2D eigenvalue weighted by Crippen LogP contribution is -2.37. The molecule has 5 heteroatoms. The second-order valence-corrected chi connectivity index (χ2v) is 7.71. The fourth-order valence-corrected chi connectivity index (χ4v) is 4.27. The minimum atomic E-state index is -0.272. The molecular formula is C23H21N3O2. The molecule has 0 saturated heterocycles. The van der Waals surface area contributed by atoms with Crippen molar-refractivity contribution in [2.45, 2.75) is 25.8 Å². The van der Waals surface area contributed by atoms with E-state index >= 15 is 0 Å². The van der Waals surface area contributed by atoms with Gasteiger partial charge < -0.3 is 10.2 Å². The van der Waals surface area contributed by atoms with Gasteiger partial charge in [-0.2, -0.15) is 0 Å². The number of amides is 2. The first-order valence-corrected chi connectivity index (χ1v) is 9.69. The molecule has 5 rings (SSSR count). The maximum atomic E-state index is 13.1. The average Bonchev–Trinajstić information content (AvgIpc) is 3.44. The van der Waals surface area contributed by atoms with Crippen LogP contribution in [-0.4, -0.2) is 22.8 Å². The van der Waals surface area contributed by atoms with Crippen LogP contribution in [0.3, 0.4) is 0 Å². The number of anilines is 2. The van der Waals surface area contributed by atoms with Gasteiger partial charge >= 0.3 is 0 Å². The highest BCUT2D eigenvalue weighted by atomic mass is 16.2. The molecule has 1 fully saturated rings. The summed E-state index contributed by atoms with van der Waals surface area (Å²) in [4.78, 5) is 32.1. The lowest BCUT2D eigenvalue weighted by atomic mass is 10.1. The molecule has 2 amide bonds. The molecule has 28 heavy (non-hydrogen) atoms. The SMILES string of the molecule is CC1Cc2ccccc2N1C(=O)C1CC1C(=O)Nc1cccc2cccnc12. The van der Waals surface area contributed by atoms with Crippen LogP contribution in [0.5, 0.6) is 0 Å². The highest BCUT2D eigenvalue weighted by molar-refractivity contribution is 6.07. The summed E-state index contributed by atoms with van der Waals surface area (Å²) in [6, 6.07) is 17.7. The van der Waals surface area contributed by atoms with Gasteiger partial charge in [-0.05, 0) is 43.5 Å². The third kappa shape index (κ3) is 2.74. The van der Waals surface area contributed by atoms with E-state index in [1.807, 2.05) is 53.4 Å². The van der Waals surface area contributed by atoms with Crippen LogP contribution >= 0.6 is 0 Å². The van der Waals surface area contributed by atoms with Gasteiger partial charge in [-0.25, -0.2) is 0 Å². The van der Waals surface area contributed by atoms with Crippen LogP contribution < -0.4 is 10.2 Å². The van der Waals surface area contributed by atoms with Crippen molar-refractivity contribution >= 4 is 34.1 Å². The lowest BCUT2D eigenvalue weighted by molar-refractivity contribution is -0.123. The van der Waals surface area contributed by atoms with E-state index in [9.17, 15) is 9.59 Å². The molecule has 1 aliphatic carbocycles. The van der Waals surface area contributed by atoms with Gasteiger partial charge in [0.2, 0.25) is 11.8 Å². The topological polar surface area (TPSA) is 62.3 Å². The summed E-state index contributed by atoms with van der Waals surface area (Å²) in [7, 11) is 0. The zero-order valence-electron chi connectivity index (χ0n) is 15.6. The number of rotatable bonds is 3. The summed E-state index contributed by atoms with van der Waals surface area (Å²) in [5, 5.41) is 3.96. The van der Waals surface area contributed by atoms with Crippen molar-refractivity contribution < 1.29 is 9.59 Å². The predicted molar refractivity (Wildman–Crippen MR) is 109 cm³/mol. The van der Waals surface area contributed by atoms with Crippen molar-refractivity contribution in [3.8, 4) is 0 Å². The van der Waals surface area contributed by atoms with Gasteiger partial charge in [0.05, 0.1) is 23.0 Å². The van der Waals surface area contributed by atoms with Gasteiger partial charge in [-0.15, -0.1) is 0 Å². The first-order valence-electron chi connectivity index (χ1n) is 9.69. The minimum absolute atomic E-state index is 0.0636. The zero-order chi connectivity index (χ0) is 19.3. The Hall–Kier alpha value is -3.21. The molecule has 0 radical (unpaired) electrons. The van der Waals surface area contributed by atoms with E-state index in [1.54, 1.807) is 6.20 Å². The molecule has 0 spiro atoms. The van der Waals surface area contributed by atoms with Crippen molar-refractivity contribution in [3.63, 3.8) is 0 Å². The molecule has 3 atom stereocenters. The van der Waals surface area contributed by atoms with Gasteiger partial charge in [0.15, 0.2) is 0 Å². The number of para-hydroxylation sites is 2. The number of nitrogens with one attached hydrogen (secondary N) is 1. The van der Waals surface area contributed by atoms with Crippen LogP contribution in [0.1, 0.15) is 18.9 Å². The molecule has 3 aromatic rings. The number of pyridine rings is 1. The van der Waals surface area contributed by atoms with Gasteiger partial charge in [0.25, 0.3) is 0 Å². The van der Waals surface area contributed by atoms with Crippen molar-refractivity contribution in [2.75, 3.05) is 10.2 Å². The smallest absolute Gasteiger partial charge is 0.231 e. The number of aromatic nitrogens is 1. The van der Waals surface area contributed by atoms with Crippen LogP contribution in [0.4, 0.5) is 11.4 Å². The van der Waals surface area contributed by atoms with E-state index in [0.29, 0.717) is 12.1 Å². The second kappa shape index (κ2) is 6.44. The molecule has 2 aromatic carbocycles. The molecule has 2 heterocycles. The number of benzene rings is 2. The van der Waals surface area contributed by atoms with Crippen molar-refractivity contribution in [2.24, 2.45) is 11.8 Å². The van der Waals surface area contributed by atoms with Crippen LogP contribution in [0.2, 0.25) is 0 Å². The Bertz CT molecular complexity index is 1090. The van der Waals surface area contributed by atoms with Gasteiger partial charge in [0, 0.05) is 23.3 Å². The number of hydrogen-bond acceptors (Lipinski definition) is 3. The largest absolute Gasteiger partial charge is 0.324 e. The average molecular weight is 371 g/mol. The van der Waals surface area contributed by atoms with Gasteiger partial charge in [-0.3, -0.25) is 14.6 Å². The van der Waals surface area contributed by atoms with Gasteiger partial charge in [-0.1, -0.05) is 36.4 Å². The molecule has 3 unspecified atom stereocenters. The lowest BCUT2D eigenvalue weighted by Gasteiger charge is -2.23. The number of carbonyl (C=O) groups is 2. The molecule has 0 bridgehead atoms. The van der Waals surface area contributed by atoms with Crippen LogP contribution in [-0.2, 0) is 16.0 Å². The summed E-state index contributed by atoms with van der Waals surface area (Å²) < 4.78 is 0. The fourth-order valence-electron chi connectivity index (χ4n) is 4.27. The Labute approximate surface area is 163 Å². The fraction of sp³-hybridized carbons (Fsp3) is 0.261. The third-order valence-corrected chi connectivity index (χ3v) is 5.78. The second-order valence-electron chi connectivity index (χ2n) is 7.71. The maximum absolute atomic E-state index is 13.1. The molecule has 1 aliphatic heterocycles. The van der Waals surface area contributed by atoms with Crippen LogP contribution in [0.25, 0.3) is 10.9 Å². The minimum Gasteiger partial charge on any atom is -0.324 e. The number of carbonyl (C=O) groups excluding carboxylic acids is 2. The Morgan fingerprint density at radius 3 is 2.75 bits per heavy atom. The van der Waals surface area contributed by atoms with E-state index in [1.165, 1.54) is 5.56 Å². The Kier molecular flexibility index (Phi) is 3.90. The number of nitrogens with zero attached hydrogens (tertiary/aromatic N) is 2. The summed E-state index contributed by atoms with van der Waals surface area (Å²) >= 11 is 0. The van der Waals surface area contributed by atoms with E-state index in [4.69, 9.17) is 0 Å². The molecule has 1 saturated carbocycles. The standard InChI is InChI=1S/C23H21N3O2/c1-14-12-16-6-2-3-10-20(16)26(14)23(28)18-13-17(18)22(27)25-19-9-4-7-15-8-5-11-24-21(15)19/h2-11,14,17-18H,12-13H2,1H3,(H,25,27). The summed E-state index contributed by atoms with van der Waals surface area (Å²) in [5.74, 6) is -0.548. The zero-order valence-corrected chi connectivity index (χ0v) is 15.6. The normalized spacial score (nSPS) is 22.8. The molecule has 1 aromatic heterocycles. The number of hydrogen-bond donors (Lipinski definition) is 1. The third-order valence-electron chi connectivity index (χ3n) is 5.78. The first-order chi connectivity index (χ1) is 13.6. The van der Waals surface area contributed by atoms with E-state index < -0.39 is 0 Å².